The Hall–Kier alpha value is -1.58. The van der Waals surface area contributed by atoms with E-state index in [4.69, 9.17) is 5.73 Å². The zero-order valence-electron chi connectivity index (χ0n) is 10.2. The molecule has 1 aromatic rings. The largest absolute Gasteiger partial charge is 0.382 e. The molecule has 0 unspecified atom stereocenters. The van der Waals surface area contributed by atoms with Crippen LogP contribution >= 0.6 is 0 Å². The number of nitrogens with two attached hydrogens (primary N) is 1. The molecular formula is C12H18N4. The van der Waals surface area contributed by atoms with Crippen LogP contribution in [0.3, 0.4) is 0 Å². The van der Waals surface area contributed by atoms with Crippen LogP contribution < -0.4 is 5.73 Å². The van der Waals surface area contributed by atoms with Crippen molar-refractivity contribution in [2.75, 3.05) is 5.73 Å². The van der Waals surface area contributed by atoms with Crippen molar-refractivity contribution in [2.45, 2.75) is 33.6 Å². The van der Waals surface area contributed by atoms with E-state index in [1.807, 2.05) is 12.3 Å². The average molecular weight is 218 g/mol. The number of aromatic nitrogens is 2. The quantitative estimate of drug-likeness (QED) is 0.787. The molecule has 0 atom stereocenters. The number of rotatable bonds is 1. The van der Waals surface area contributed by atoms with Crippen LogP contribution in [0.25, 0.3) is 6.08 Å². The monoisotopic (exact) mass is 218 g/mol. The Morgan fingerprint density at radius 3 is 2.69 bits per heavy atom. The minimum absolute atomic E-state index is 0.0505. The Kier molecular flexibility index (Phi) is 2.37. The molecule has 0 spiro atoms. The van der Waals surface area contributed by atoms with Gasteiger partial charge in [-0.05, 0) is 12.0 Å². The highest BCUT2D eigenvalue weighted by Gasteiger charge is 2.19. The van der Waals surface area contributed by atoms with Gasteiger partial charge in [-0.15, -0.1) is 0 Å². The summed E-state index contributed by atoms with van der Waals surface area (Å²) >= 11 is 0. The van der Waals surface area contributed by atoms with E-state index in [2.05, 4.69) is 43.9 Å². The predicted molar refractivity (Wildman–Crippen MR) is 67.4 cm³/mol. The van der Waals surface area contributed by atoms with Crippen LogP contribution in [0.5, 0.6) is 0 Å². The summed E-state index contributed by atoms with van der Waals surface area (Å²) in [7, 11) is 0. The summed E-state index contributed by atoms with van der Waals surface area (Å²) in [6.45, 7) is 8.35. The van der Waals surface area contributed by atoms with Crippen molar-refractivity contribution in [2.24, 2.45) is 10.5 Å². The molecule has 0 amide bonds. The summed E-state index contributed by atoms with van der Waals surface area (Å²) < 4.78 is 1.71. The molecule has 4 heteroatoms. The van der Waals surface area contributed by atoms with E-state index in [-0.39, 0.29) is 5.41 Å². The van der Waals surface area contributed by atoms with E-state index in [0.717, 1.165) is 11.5 Å². The maximum absolute atomic E-state index is 6.04. The standard InChI is InChI=1S/C12H18N4/c1-8(2)10-11(13)16-9(15-10)5-6-12(3,4)7-14-16/h5-8H,13H2,1-4H3. The first kappa shape index (κ1) is 10.9. The lowest BCUT2D eigenvalue weighted by atomic mass is 9.95. The Morgan fingerprint density at radius 1 is 1.38 bits per heavy atom. The van der Waals surface area contributed by atoms with E-state index in [1.165, 1.54) is 0 Å². The third-order valence-corrected chi connectivity index (χ3v) is 2.66. The second-order valence-corrected chi connectivity index (χ2v) is 5.11. The van der Waals surface area contributed by atoms with Gasteiger partial charge in [0.15, 0.2) is 5.82 Å². The average Bonchev–Trinajstić information content (AvgIpc) is 2.41. The van der Waals surface area contributed by atoms with Crippen LogP contribution in [0, 0.1) is 5.41 Å². The van der Waals surface area contributed by atoms with Gasteiger partial charge in [-0.2, -0.15) is 9.78 Å². The van der Waals surface area contributed by atoms with Crippen molar-refractivity contribution in [3.05, 3.63) is 17.6 Å². The summed E-state index contributed by atoms with van der Waals surface area (Å²) in [5.41, 5.74) is 6.90. The zero-order chi connectivity index (χ0) is 11.9. The molecule has 0 saturated carbocycles. The molecule has 2 heterocycles. The van der Waals surface area contributed by atoms with Crippen molar-refractivity contribution in [3.8, 4) is 0 Å². The summed E-state index contributed by atoms with van der Waals surface area (Å²) in [5.74, 6) is 1.77. The molecule has 2 rings (SSSR count). The van der Waals surface area contributed by atoms with E-state index in [9.17, 15) is 0 Å². The molecule has 1 aliphatic heterocycles. The summed E-state index contributed by atoms with van der Waals surface area (Å²) in [5, 5.41) is 4.38. The normalized spacial score (nSPS) is 17.6. The molecule has 0 fully saturated rings. The molecule has 1 aliphatic rings. The molecule has 16 heavy (non-hydrogen) atoms. The maximum atomic E-state index is 6.04. The fourth-order valence-corrected chi connectivity index (χ4v) is 1.65. The molecule has 0 aromatic carbocycles. The lowest BCUT2D eigenvalue weighted by Crippen LogP contribution is -2.09. The Balaban J connectivity index is 2.54. The number of imidazole rings is 1. The van der Waals surface area contributed by atoms with Gasteiger partial charge in [-0.3, -0.25) is 0 Å². The highest BCUT2D eigenvalue weighted by atomic mass is 15.4. The molecule has 86 valence electrons. The van der Waals surface area contributed by atoms with Crippen molar-refractivity contribution in [3.63, 3.8) is 0 Å². The predicted octanol–water partition coefficient (Wildman–Crippen LogP) is 2.48. The highest BCUT2D eigenvalue weighted by molar-refractivity contribution is 5.72. The third kappa shape index (κ3) is 1.75. The molecular weight excluding hydrogens is 200 g/mol. The van der Waals surface area contributed by atoms with E-state index in [0.29, 0.717) is 11.7 Å². The number of hydrogen-bond donors (Lipinski definition) is 1. The molecule has 0 bridgehead atoms. The number of hydrogen-bond acceptors (Lipinski definition) is 3. The van der Waals surface area contributed by atoms with Crippen LogP contribution in [0.1, 0.15) is 45.1 Å². The van der Waals surface area contributed by atoms with Crippen molar-refractivity contribution in [1.29, 1.82) is 0 Å². The number of nitrogens with zero attached hydrogens (tertiary/aromatic N) is 3. The highest BCUT2D eigenvalue weighted by Crippen LogP contribution is 2.26. The van der Waals surface area contributed by atoms with Crippen LogP contribution in [-0.2, 0) is 0 Å². The molecule has 2 N–H and O–H groups in total. The van der Waals surface area contributed by atoms with Gasteiger partial charge in [0.05, 0.1) is 5.69 Å². The number of anilines is 1. The third-order valence-electron chi connectivity index (χ3n) is 2.66. The molecule has 0 saturated heterocycles. The minimum Gasteiger partial charge on any atom is -0.382 e. The minimum atomic E-state index is -0.0505. The Bertz CT molecular complexity index is 464. The summed E-state index contributed by atoms with van der Waals surface area (Å²) in [6.07, 6.45) is 5.96. The lowest BCUT2D eigenvalue weighted by Gasteiger charge is -2.10. The molecule has 0 radical (unpaired) electrons. The topological polar surface area (TPSA) is 56.2 Å². The molecule has 1 aromatic heterocycles. The second-order valence-electron chi connectivity index (χ2n) is 5.11. The van der Waals surface area contributed by atoms with Gasteiger partial charge in [0.2, 0.25) is 0 Å². The second kappa shape index (κ2) is 3.47. The van der Waals surface area contributed by atoms with Gasteiger partial charge >= 0.3 is 0 Å². The van der Waals surface area contributed by atoms with Crippen molar-refractivity contribution < 1.29 is 0 Å². The fraction of sp³-hybridized carbons (Fsp3) is 0.500. The number of allylic oxidation sites excluding steroid dienone is 1. The van der Waals surface area contributed by atoms with Gasteiger partial charge in [0.1, 0.15) is 5.82 Å². The first-order valence-electron chi connectivity index (χ1n) is 5.53. The smallest absolute Gasteiger partial charge is 0.155 e. The SMILES string of the molecule is CC(C)c1nc2n(c1N)N=CC(C)(C)C=C2. The Labute approximate surface area is 95.9 Å². The van der Waals surface area contributed by atoms with E-state index < -0.39 is 0 Å². The molecule has 4 nitrogen and oxygen atoms in total. The van der Waals surface area contributed by atoms with Gasteiger partial charge in [-0.25, -0.2) is 4.98 Å². The van der Waals surface area contributed by atoms with Gasteiger partial charge in [-0.1, -0.05) is 33.8 Å². The first-order valence-corrected chi connectivity index (χ1v) is 5.53. The van der Waals surface area contributed by atoms with Crippen LogP contribution in [0.2, 0.25) is 0 Å². The van der Waals surface area contributed by atoms with Gasteiger partial charge < -0.3 is 5.73 Å². The van der Waals surface area contributed by atoms with E-state index in [1.54, 1.807) is 4.68 Å². The number of nitrogen functional groups attached to an aromatic ring is 1. The summed E-state index contributed by atoms with van der Waals surface area (Å²) in [6, 6.07) is 0. The van der Waals surface area contributed by atoms with Crippen molar-refractivity contribution >= 4 is 18.1 Å². The maximum Gasteiger partial charge on any atom is 0.155 e. The van der Waals surface area contributed by atoms with Crippen LogP contribution in [0.15, 0.2) is 11.2 Å². The van der Waals surface area contributed by atoms with E-state index >= 15 is 0 Å². The molecule has 0 aliphatic carbocycles. The Morgan fingerprint density at radius 2 is 2.06 bits per heavy atom. The van der Waals surface area contributed by atoms with Gasteiger partial charge in [0.25, 0.3) is 0 Å². The lowest BCUT2D eigenvalue weighted by molar-refractivity contribution is 0.691. The zero-order valence-corrected chi connectivity index (χ0v) is 10.2. The first-order chi connectivity index (χ1) is 7.41. The van der Waals surface area contributed by atoms with Gasteiger partial charge in [0, 0.05) is 11.6 Å². The number of fused-ring (bicyclic) bond motifs is 1. The summed E-state index contributed by atoms with van der Waals surface area (Å²) in [4.78, 5) is 4.51. The fourth-order valence-electron chi connectivity index (χ4n) is 1.65. The van der Waals surface area contributed by atoms with Crippen molar-refractivity contribution in [1.82, 2.24) is 9.66 Å². The van der Waals surface area contributed by atoms with Crippen LogP contribution in [-0.4, -0.2) is 15.9 Å². The van der Waals surface area contributed by atoms with Crippen LogP contribution in [0.4, 0.5) is 5.82 Å².